The molecule has 0 unspecified atom stereocenters. The van der Waals surface area contributed by atoms with Crippen LogP contribution in [0.25, 0.3) is 0 Å². The van der Waals surface area contributed by atoms with Crippen LogP contribution in [0.3, 0.4) is 0 Å². The lowest BCUT2D eigenvalue weighted by atomic mass is 10.2. The zero-order valence-corrected chi connectivity index (χ0v) is 16.5. The van der Waals surface area contributed by atoms with E-state index in [1.54, 1.807) is 0 Å². The van der Waals surface area contributed by atoms with Gasteiger partial charge in [0.2, 0.25) is 0 Å². The van der Waals surface area contributed by atoms with E-state index in [0.29, 0.717) is 0 Å². The van der Waals surface area contributed by atoms with Crippen LogP contribution in [0.4, 0.5) is 0 Å². The van der Waals surface area contributed by atoms with E-state index in [2.05, 4.69) is 13.8 Å². The summed E-state index contributed by atoms with van der Waals surface area (Å²) in [7, 11) is -1.98. The predicted molar refractivity (Wildman–Crippen MR) is 97.0 cm³/mol. The molecule has 0 radical (unpaired) electrons. The van der Waals surface area contributed by atoms with Crippen molar-refractivity contribution in [3.63, 3.8) is 0 Å². The Hall–Kier alpha value is 0.717. The molecule has 0 aromatic rings. The van der Waals surface area contributed by atoms with Crippen LogP contribution >= 0.6 is 23.2 Å². The summed E-state index contributed by atoms with van der Waals surface area (Å²) in [4.78, 5) is 0. The summed E-state index contributed by atoms with van der Waals surface area (Å²) in [5.74, 6) is 1.56. The first-order valence-corrected chi connectivity index (χ1v) is 11.9. The zero-order valence-electron chi connectivity index (χ0n) is 14.0. The van der Waals surface area contributed by atoms with Gasteiger partial charge in [0.05, 0.1) is 0 Å². The predicted octanol–water partition coefficient (Wildman–Crippen LogP) is 6.10. The van der Waals surface area contributed by atoms with Crippen molar-refractivity contribution in [1.29, 1.82) is 0 Å². The van der Waals surface area contributed by atoms with Gasteiger partial charge in [0, 0.05) is 25.0 Å². The minimum Gasteiger partial charge on any atom is -0.394 e. The standard InChI is InChI=1S/C16H34Cl2O2Si/c1-3-19-21(20-4-2,15-11-7-5-9-13-17)16-12-8-6-10-14-18/h3-16H2,1-2H3. The average Bonchev–Trinajstić information content (AvgIpc) is 2.47. The molecular formula is C16H34Cl2O2Si. The maximum atomic E-state index is 6.15. The van der Waals surface area contributed by atoms with Gasteiger partial charge in [-0.15, -0.1) is 23.2 Å². The van der Waals surface area contributed by atoms with Crippen LogP contribution in [0.15, 0.2) is 0 Å². The van der Waals surface area contributed by atoms with E-state index >= 15 is 0 Å². The Labute approximate surface area is 143 Å². The SMILES string of the molecule is CCO[Si](CCCCCCCl)(CCCCCCCl)OCC. The lowest BCUT2D eigenvalue weighted by Gasteiger charge is -2.30. The molecule has 21 heavy (non-hydrogen) atoms. The largest absolute Gasteiger partial charge is 0.394 e. The van der Waals surface area contributed by atoms with Crippen LogP contribution in [0, 0.1) is 0 Å². The van der Waals surface area contributed by atoms with Crippen molar-refractivity contribution in [1.82, 2.24) is 0 Å². The topological polar surface area (TPSA) is 18.5 Å². The fourth-order valence-electron chi connectivity index (χ4n) is 2.67. The van der Waals surface area contributed by atoms with Gasteiger partial charge in [-0.3, -0.25) is 0 Å². The Morgan fingerprint density at radius 1 is 0.619 bits per heavy atom. The van der Waals surface area contributed by atoms with Crippen molar-refractivity contribution in [3.8, 4) is 0 Å². The van der Waals surface area contributed by atoms with E-state index < -0.39 is 8.56 Å². The summed E-state index contributed by atoms with van der Waals surface area (Å²) < 4.78 is 12.3. The average molecular weight is 357 g/mol. The summed E-state index contributed by atoms with van der Waals surface area (Å²) in [5, 5.41) is 0. The molecule has 0 N–H and O–H groups in total. The van der Waals surface area contributed by atoms with E-state index in [4.69, 9.17) is 32.1 Å². The van der Waals surface area contributed by atoms with E-state index in [1.165, 1.54) is 38.5 Å². The second kappa shape index (κ2) is 15.6. The lowest BCUT2D eigenvalue weighted by Crippen LogP contribution is -2.42. The Balaban J connectivity index is 4.16. The first-order valence-electron chi connectivity index (χ1n) is 8.64. The number of unbranched alkanes of at least 4 members (excludes halogenated alkanes) is 6. The normalized spacial score (nSPS) is 12.0. The molecule has 0 aliphatic heterocycles. The Morgan fingerprint density at radius 2 is 1.00 bits per heavy atom. The van der Waals surface area contributed by atoms with Gasteiger partial charge in [0.15, 0.2) is 0 Å². The van der Waals surface area contributed by atoms with Gasteiger partial charge in [0.1, 0.15) is 0 Å². The van der Waals surface area contributed by atoms with E-state index in [0.717, 1.165) is 49.9 Å². The molecule has 0 fully saturated rings. The molecule has 0 saturated heterocycles. The van der Waals surface area contributed by atoms with Crippen molar-refractivity contribution in [2.24, 2.45) is 0 Å². The fraction of sp³-hybridized carbons (Fsp3) is 1.00. The summed E-state index contributed by atoms with van der Waals surface area (Å²) in [6.07, 6.45) is 9.61. The number of hydrogen-bond acceptors (Lipinski definition) is 2. The minimum atomic E-state index is -1.98. The molecule has 0 rings (SSSR count). The molecule has 0 aromatic heterocycles. The molecule has 0 spiro atoms. The van der Waals surface area contributed by atoms with E-state index in [9.17, 15) is 0 Å². The van der Waals surface area contributed by atoms with Gasteiger partial charge >= 0.3 is 8.56 Å². The van der Waals surface area contributed by atoms with E-state index in [-0.39, 0.29) is 0 Å². The molecule has 5 heteroatoms. The van der Waals surface area contributed by atoms with Crippen molar-refractivity contribution in [2.45, 2.75) is 77.3 Å². The first-order chi connectivity index (χ1) is 10.2. The molecule has 0 aliphatic carbocycles. The van der Waals surface area contributed by atoms with Crippen LogP contribution in [0.1, 0.15) is 65.2 Å². The zero-order chi connectivity index (χ0) is 15.8. The molecule has 0 amide bonds. The number of halogens is 2. The Morgan fingerprint density at radius 3 is 1.33 bits per heavy atom. The molecule has 0 aliphatic rings. The van der Waals surface area contributed by atoms with Gasteiger partial charge < -0.3 is 8.85 Å². The van der Waals surface area contributed by atoms with Crippen molar-refractivity contribution >= 4 is 31.8 Å². The molecule has 0 heterocycles. The van der Waals surface area contributed by atoms with Gasteiger partial charge in [-0.05, 0) is 38.8 Å². The van der Waals surface area contributed by atoms with Crippen LogP contribution in [-0.4, -0.2) is 33.5 Å². The summed E-state index contributed by atoms with van der Waals surface area (Å²) in [5.41, 5.74) is 0. The molecule has 0 saturated carbocycles. The number of hydrogen-bond donors (Lipinski definition) is 0. The molecule has 0 bridgehead atoms. The quantitative estimate of drug-likeness (QED) is 0.189. The Kier molecular flexibility index (Phi) is 16.1. The monoisotopic (exact) mass is 356 g/mol. The third-order valence-corrected chi connectivity index (χ3v) is 8.09. The fourth-order valence-corrected chi connectivity index (χ4v) is 6.58. The van der Waals surface area contributed by atoms with Gasteiger partial charge in [0.25, 0.3) is 0 Å². The second-order valence-electron chi connectivity index (χ2n) is 5.48. The number of rotatable bonds is 16. The van der Waals surface area contributed by atoms with Crippen LogP contribution in [0.2, 0.25) is 12.1 Å². The molecule has 2 nitrogen and oxygen atoms in total. The highest BCUT2D eigenvalue weighted by Crippen LogP contribution is 2.26. The smallest absolute Gasteiger partial charge is 0.338 e. The number of alkyl halides is 2. The molecular weight excluding hydrogens is 323 g/mol. The molecule has 128 valence electrons. The third kappa shape index (κ3) is 11.9. The summed E-state index contributed by atoms with van der Waals surface area (Å²) >= 11 is 11.5. The van der Waals surface area contributed by atoms with Gasteiger partial charge in [-0.1, -0.05) is 38.5 Å². The highest BCUT2D eigenvalue weighted by Gasteiger charge is 2.35. The maximum absolute atomic E-state index is 6.15. The van der Waals surface area contributed by atoms with Crippen molar-refractivity contribution < 1.29 is 8.85 Å². The maximum Gasteiger partial charge on any atom is 0.338 e. The van der Waals surface area contributed by atoms with E-state index in [1.807, 2.05) is 0 Å². The lowest BCUT2D eigenvalue weighted by molar-refractivity contribution is 0.180. The second-order valence-corrected chi connectivity index (χ2v) is 9.64. The van der Waals surface area contributed by atoms with Gasteiger partial charge in [-0.25, -0.2) is 0 Å². The highest BCUT2D eigenvalue weighted by atomic mass is 35.5. The highest BCUT2D eigenvalue weighted by molar-refractivity contribution is 6.67. The van der Waals surface area contributed by atoms with Crippen molar-refractivity contribution in [3.05, 3.63) is 0 Å². The summed E-state index contributed by atoms with van der Waals surface area (Å²) in [6.45, 7) is 5.72. The summed E-state index contributed by atoms with van der Waals surface area (Å²) in [6, 6.07) is 2.26. The molecule has 0 atom stereocenters. The van der Waals surface area contributed by atoms with Crippen LogP contribution in [-0.2, 0) is 8.85 Å². The van der Waals surface area contributed by atoms with Crippen molar-refractivity contribution in [2.75, 3.05) is 25.0 Å². The third-order valence-electron chi connectivity index (χ3n) is 3.70. The van der Waals surface area contributed by atoms with Gasteiger partial charge in [-0.2, -0.15) is 0 Å². The Bertz CT molecular complexity index is 196. The van der Waals surface area contributed by atoms with Crippen LogP contribution < -0.4 is 0 Å². The minimum absolute atomic E-state index is 0.773. The first kappa shape index (κ1) is 21.7. The molecule has 0 aromatic carbocycles. The van der Waals surface area contributed by atoms with Crippen LogP contribution in [0.5, 0.6) is 0 Å².